The normalized spacial score (nSPS) is 18.2. The van der Waals surface area contributed by atoms with Gasteiger partial charge in [0.05, 0.1) is 22.6 Å². The van der Waals surface area contributed by atoms with Crippen molar-refractivity contribution >= 4 is 34.9 Å². The molecule has 1 amide bonds. The number of rotatable bonds is 1. The lowest BCUT2D eigenvalue weighted by atomic mass is 9.82. The molecule has 0 aliphatic carbocycles. The molecule has 2 heterocycles. The summed E-state index contributed by atoms with van der Waals surface area (Å²) in [7, 11) is 0. The van der Waals surface area contributed by atoms with Gasteiger partial charge in [-0.25, -0.2) is 0 Å². The Bertz CT molecular complexity index is 933. The number of carbonyl (C=O) groups excluding carboxylic acids is 2. The number of aryl methyl sites for hydroxylation is 1. The number of fused-ring (bicyclic) bond motifs is 1. The third kappa shape index (κ3) is 3.44. The van der Waals surface area contributed by atoms with Crippen LogP contribution in [-0.4, -0.2) is 35.3 Å². The minimum absolute atomic E-state index is 0.112. The van der Waals surface area contributed by atoms with E-state index in [9.17, 15) is 9.59 Å². The fourth-order valence-corrected chi connectivity index (χ4v) is 4.33. The second-order valence-electron chi connectivity index (χ2n) is 7.30. The summed E-state index contributed by atoms with van der Waals surface area (Å²) in [4.78, 5) is 27.2. The van der Waals surface area contributed by atoms with Crippen molar-refractivity contribution in [1.29, 1.82) is 0 Å². The monoisotopic (exact) mass is 403 g/mol. The average Bonchev–Trinajstić information content (AvgIpc) is 2.63. The summed E-state index contributed by atoms with van der Waals surface area (Å²) in [5.41, 5.74) is 1.62. The third-order valence-electron chi connectivity index (χ3n) is 5.37. The van der Waals surface area contributed by atoms with Crippen LogP contribution in [0.15, 0.2) is 36.4 Å². The zero-order valence-electron chi connectivity index (χ0n) is 14.9. The zero-order valence-corrected chi connectivity index (χ0v) is 16.4. The van der Waals surface area contributed by atoms with Crippen molar-refractivity contribution < 1.29 is 14.3 Å². The van der Waals surface area contributed by atoms with E-state index in [1.54, 1.807) is 23.1 Å². The minimum Gasteiger partial charge on any atom is -0.486 e. The number of benzene rings is 2. The van der Waals surface area contributed by atoms with Gasteiger partial charge < -0.3 is 9.64 Å². The predicted octanol–water partition coefficient (Wildman–Crippen LogP) is 4.94. The summed E-state index contributed by atoms with van der Waals surface area (Å²) >= 11 is 12.1. The molecule has 6 heteroatoms. The van der Waals surface area contributed by atoms with Crippen LogP contribution in [0.25, 0.3) is 0 Å². The van der Waals surface area contributed by atoms with Crippen molar-refractivity contribution in [3.63, 3.8) is 0 Å². The molecular weight excluding hydrogens is 385 g/mol. The van der Waals surface area contributed by atoms with Crippen LogP contribution >= 0.6 is 23.2 Å². The SMILES string of the molecule is Cc1ccc2c(c1)C(=O)CC1(CCN(C(=O)c3ccc(Cl)cc3Cl)CC1)O2. The summed E-state index contributed by atoms with van der Waals surface area (Å²) in [6.07, 6.45) is 1.58. The lowest BCUT2D eigenvalue weighted by molar-refractivity contribution is -0.00571. The number of nitrogens with zero attached hydrogens (tertiary/aromatic N) is 1. The first-order chi connectivity index (χ1) is 12.9. The maximum atomic E-state index is 12.8. The summed E-state index contributed by atoms with van der Waals surface area (Å²) in [6.45, 7) is 3.00. The fourth-order valence-electron chi connectivity index (χ4n) is 3.84. The minimum atomic E-state index is -0.528. The number of carbonyl (C=O) groups is 2. The van der Waals surface area contributed by atoms with Crippen molar-refractivity contribution in [3.05, 3.63) is 63.1 Å². The van der Waals surface area contributed by atoms with Gasteiger partial charge in [-0.05, 0) is 37.3 Å². The van der Waals surface area contributed by atoms with E-state index in [1.165, 1.54) is 0 Å². The van der Waals surface area contributed by atoms with Gasteiger partial charge in [0.2, 0.25) is 0 Å². The van der Waals surface area contributed by atoms with Crippen LogP contribution < -0.4 is 4.74 Å². The van der Waals surface area contributed by atoms with E-state index in [-0.39, 0.29) is 11.7 Å². The number of piperidine rings is 1. The number of hydrogen-bond acceptors (Lipinski definition) is 3. The molecule has 4 rings (SSSR count). The summed E-state index contributed by atoms with van der Waals surface area (Å²) < 4.78 is 6.26. The van der Waals surface area contributed by atoms with Crippen LogP contribution in [0.5, 0.6) is 5.75 Å². The largest absolute Gasteiger partial charge is 0.486 e. The lowest BCUT2D eigenvalue weighted by Crippen LogP contribution is -2.52. The Morgan fingerprint density at radius 1 is 1.11 bits per heavy atom. The predicted molar refractivity (Wildman–Crippen MR) is 105 cm³/mol. The first-order valence-electron chi connectivity index (χ1n) is 8.94. The van der Waals surface area contributed by atoms with Gasteiger partial charge in [0.25, 0.3) is 5.91 Å². The molecule has 2 aromatic rings. The molecule has 0 saturated carbocycles. The van der Waals surface area contributed by atoms with Gasteiger partial charge >= 0.3 is 0 Å². The quantitative estimate of drug-likeness (QED) is 0.676. The highest BCUT2D eigenvalue weighted by atomic mass is 35.5. The molecule has 1 saturated heterocycles. The third-order valence-corrected chi connectivity index (χ3v) is 5.92. The van der Waals surface area contributed by atoms with Crippen molar-refractivity contribution in [1.82, 2.24) is 4.90 Å². The molecule has 140 valence electrons. The Labute approximate surface area is 168 Å². The van der Waals surface area contributed by atoms with Crippen LogP contribution in [0.4, 0.5) is 0 Å². The van der Waals surface area contributed by atoms with Gasteiger partial charge in [0.15, 0.2) is 5.78 Å². The summed E-state index contributed by atoms with van der Waals surface area (Å²) in [5, 5.41) is 0.846. The first kappa shape index (κ1) is 18.3. The molecule has 1 fully saturated rings. The molecule has 0 unspecified atom stereocenters. The van der Waals surface area contributed by atoms with E-state index >= 15 is 0 Å². The Morgan fingerprint density at radius 2 is 1.85 bits per heavy atom. The van der Waals surface area contributed by atoms with Crippen molar-refractivity contribution in [3.8, 4) is 5.75 Å². The molecule has 0 aromatic heterocycles. The number of hydrogen-bond donors (Lipinski definition) is 0. The second kappa shape index (κ2) is 6.84. The molecule has 0 bridgehead atoms. The summed E-state index contributed by atoms with van der Waals surface area (Å²) in [6, 6.07) is 10.6. The van der Waals surface area contributed by atoms with Crippen LogP contribution in [0, 0.1) is 6.92 Å². The average molecular weight is 404 g/mol. The Balaban J connectivity index is 1.50. The standard InChI is InChI=1S/C21H19Cl2NO3/c1-13-2-5-19-16(10-13)18(25)12-21(27-19)6-8-24(9-7-21)20(26)15-4-3-14(22)11-17(15)23/h2-5,10-11H,6-9,12H2,1H3. The van der Waals surface area contributed by atoms with Gasteiger partial charge in [0, 0.05) is 31.0 Å². The van der Waals surface area contributed by atoms with E-state index in [4.69, 9.17) is 27.9 Å². The second-order valence-corrected chi connectivity index (χ2v) is 8.14. The number of halogens is 2. The van der Waals surface area contributed by atoms with Crippen molar-refractivity contribution in [2.75, 3.05) is 13.1 Å². The molecule has 1 spiro atoms. The lowest BCUT2D eigenvalue weighted by Gasteiger charge is -2.44. The van der Waals surface area contributed by atoms with E-state index in [1.807, 2.05) is 25.1 Å². The van der Waals surface area contributed by atoms with E-state index in [0.29, 0.717) is 59.3 Å². The Hall–Kier alpha value is -2.04. The number of ether oxygens (including phenoxy) is 1. The van der Waals surface area contributed by atoms with Crippen molar-refractivity contribution in [2.24, 2.45) is 0 Å². The maximum Gasteiger partial charge on any atom is 0.255 e. The van der Waals surface area contributed by atoms with Crippen LogP contribution in [0.1, 0.15) is 45.5 Å². The molecule has 0 radical (unpaired) electrons. The molecule has 2 aliphatic rings. The topological polar surface area (TPSA) is 46.6 Å². The summed E-state index contributed by atoms with van der Waals surface area (Å²) in [5.74, 6) is 0.641. The van der Waals surface area contributed by atoms with Crippen LogP contribution in [0.2, 0.25) is 10.0 Å². The molecule has 2 aromatic carbocycles. The van der Waals surface area contributed by atoms with E-state index in [2.05, 4.69) is 0 Å². The highest BCUT2D eigenvalue weighted by Gasteiger charge is 2.43. The van der Waals surface area contributed by atoms with Crippen LogP contribution in [0.3, 0.4) is 0 Å². The molecule has 0 atom stereocenters. The van der Waals surface area contributed by atoms with Gasteiger partial charge in [0.1, 0.15) is 11.4 Å². The molecule has 2 aliphatic heterocycles. The molecule has 4 nitrogen and oxygen atoms in total. The van der Waals surface area contributed by atoms with E-state index in [0.717, 1.165) is 5.56 Å². The van der Waals surface area contributed by atoms with E-state index < -0.39 is 5.60 Å². The number of Topliss-reactive ketones (excluding diaryl/α,β-unsaturated/α-hetero) is 1. The van der Waals surface area contributed by atoms with Gasteiger partial charge in [-0.1, -0.05) is 34.8 Å². The molecule has 27 heavy (non-hydrogen) atoms. The van der Waals surface area contributed by atoms with Crippen LogP contribution in [-0.2, 0) is 0 Å². The van der Waals surface area contributed by atoms with Gasteiger partial charge in [-0.2, -0.15) is 0 Å². The highest BCUT2D eigenvalue weighted by molar-refractivity contribution is 6.36. The zero-order chi connectivity index (χ0) is 19.2. The number of likely N-dealkylation sites (tertiary alicyclic amines) is 1. The van der Waals surface area contributed by atoms with Gasteiger partial charge in [-0.3, -0.25) is 9.59 Å². The highest BCUT2D eigenvalue weighted by Crippen LogP contribution is 2.40. The van der Waals surface area contributed by atoms with Gasteiger partial charge in [-0.15, -0.1) is 0 Å². The Morgan fingerprint density at radius 3 is 2.56 bits per heavy atom. The first-order valence-corrected chi connectivity index (χ1v) is 9.70. The maximum absolute atomic E-state index is 12.8. The molecular formula is C21H19Cl2NO3. The number of ketones is 1. The van der Waals surface area contributed by atoms with Crippen molar-refractivity contribution in [2.45, 2.75) is 31.8 Å². The number of amides is 1. The fraction of sp³-hybridized carbons (Fsp3) is 0.333. The molecule has 0 N–H and O–H groups in total. The Kier molecular flexibility index (Phi) is 4.65. The smallest absolute Gasteiger partial charge is 0.255 e.